The molecule has 0 heterocycles. The van der Waals surface area contributed by atoms with Gasteiger partial charge in [-0.2, -0.15) is 5.10 Å². The van der Waals surface area contributed by atoms with Crippen molar-refractivity contribution in [2.24, 2.45) is 5.10 Å². The second kappa shape index (κ2) is 7.31. The highest BCUT2D eigenvalue weighted by Gasteiger charge is 2.06. The monoisotopic (exact) mass is 311 g/mol. The van der Waals surface area contributed by atoms with E-state index in [1.807, 2.05) is 12.1 Å². The highest BCUT2D eigenvalue weighted by molar-refractivity contribution is 5.94. The fourth-order valence-electron chi connectivity index (χ4n) is 1.93. The molecule has 0 aliphatic heterocycles. The molecule has 0 radical (unpaired) electrons. The first-order valence-corrected chi connectivity index (χ1v) is 7.15. The average molecular weight is 311 g/mol. The van der Waals surface area contributed by atoms with Gasteiger partial charge in [0.05, 0.1) is 11.1 Å². The molecule has 0 saturated heterocycles. The van der Waals surface area contributed by atoms with Crippen molar-refractivity contribution < 1.29 is 9.72 Å². The number of carbonyl (C=O) groups excluding carboxylic acids is 1. The Morgan fingerprint density at radius 3 is 2.26 bits per heavy atom. The van der Waals surface area contributed by atoms with Crippen molar-refractivity contribution in [1.82, 2.24) is 5.43 Å². The number of non-ortho nitro benzene ring substituents is 1. The molecule has 6 heteroatoms. The number of nitro groups is 1. The van der Waals surface area contributed by atoms with Gasteiger partial charge in [0.1, 0.15) is 0 Å². The topological polar surface area (TPSA) is 84.6 Å². The summed E-state index contributed by atoms with van der Waals surface area (Å²) in [5, 5.41) is 14.4. The van der Waals surface area contributed by atoms with E-state index in [0.29, 0.717) is 17.0 Å². The molecule has 0 aromatic heterocycles. The number of benzene rings is 2. The van der Waals surface area contributed by atoms with Gasteiger partial charge in [-0.05, 0) is 41.3 Å². The summed E-state index contributed by atoms with van der Waals surface area (Å²) in [5.41, 5.74) is 4.79. The van der Waals surface area contributed by atoms with Gasteiger partial charge in [0.2, 0.25) is 0 Å². The van der Waals surface area contributed by atoms with Crippen LogP contribution in [0.25, 0.3) is 0 Å². The average Bonchev–Trinajstić information content (AvgIpc) is 2.55. The maximum absolute atomic E-state index is 11.9. The van der Waals surface area contributed by atoms with Crippen LogP contribution in [0.4, 0.5) is 5.69 Å². The summed E-state index contributed by atoms with van der Waals surface area (Å²) in [6.07, 6.45) is 1.43. The molecular weight excluding hydrogens is 294 g/mol. The van der Waals surface area contributed by atoms with Crippen molar-refractivity contribution in [3.63, 3.8) is 0 Å². The van der Waals surface area contributed by atoms with Crippen molar-refractivity contribution >= 4 is 17.8 Å². The predicted octanol–water partition coefficient (Wildman–Crippen LogP) is 3.48. The Bertz CT molecular complexity index is 720. The Hall–Kier alpha value is -3.02. The van der Waals surface area contributed by atoms with Crippen LogP contribution in [0.1, 0.15) is 41.3 Å². The van der Waals surface area contributed by atoms with Crippen LogP contribution in [0.5, 0.6) is 0 Å². The Balaban J connectivity index is 1.96. The zero-order valence-electron chi connectivity index (χ0n) is 12.9. The van der Waals surface area contributed by atoms with Crippen molar-refractivity contribution in [1.29, 1.82) is 0 Å². The van der Waals surface area contributed by atoms with Crippen molar-refractivity contribution in [3.05, 3.63) is 75.3 Å². The molecule has 118 valence electrons. The Morgan fingerprint density at radius 2 is 1.74 bits per heavy atom. The second-order valence-corrected chi connectivity index (χ2v) is 5.32. The molecule has 23 heavy (non-hydrogen) atoms. The smallest absolute Gasteiger partial charge is 0.267 e. The van der Waals surface area contributed by atoms with Crippen molar-refractivity contribution in [3.8, 4) is 0 Å². The van der Waals surface area contributed by atoms with Gasteiger partial charge in [0, 0.05) is 17.7 Å². The molecule has 1 amide bonds. The first-order valence-electron chi connectivity index (χ1n) is 7.15. The summed E-state index contributed by atoms with van der Waals surface area (Å²) in [6, 6.07) is 13.2. The molecule has 0 atom stereocenters. The first-order chi connectivity index (χ1) is 11.0. The second-order valence-electron chi connectivity index (χ2n) is 5.32. The summed E-state index contributed by atoms with van der Waals surface area (Å²) in [7, 11) is 0. The summed E-state index contributed by atoms with van der Waals surface area (Å²) >= 11 is 0. The zero-order valence-corrected chi connectivity index (χ0v) is 12.9. The number of nitro benzene ring substituents is 1. The minimum atomic E-state index is -0.469. The van der Waals surface area contributed by atoms with Crippen LogP contribution in [0.3, 0.4) is 0 Å². The van der Waals surface area contributed by atoms with Gasteiger partial charge in [-0.15, -0.1) is 0 Å². The van der Waals surface area contributed by atoms with E-state index in [0.717, 1.165) is 5.56 Å². The van der Waals surface area contributed by atoms with Gasteiger partial charge in [0.15, 0.2) is 0 Å². The maximum Gasteiger partial charge on any atom is 0.271 e. The van der Waals surface area contributed by atoms with Crippen LogP contribution in [0.2, 0.25) is 0 Å². The van der Waals surface area contributed by atoms with Crippen molar-refractivity contribution in [2.75, 3.05) is 0 Å². The van der Waals surface area contributed by atoms with Gasteiger partial charge in [0.25, 0.3) is 11.6 Å². The largest absolute Gasteiger partial charge is 0.271 e. The number of amides is 1. The van der Waals surface area contributed by atoms with Gasteiger partial charge in [-0.1, -0.05) is 26.0 Å². The van der Waals surface area contributed by atoms with E-state index in [9.17, 15) is 14.9 Å². The molecule has 0 bridgehead atoms. The summed E-state index contributed by atoms with van der Waals surface area (Å²) < 4.78 is 0. The van der Waals surface area contributed by atoms with E-state index in [1.165, 1.54) is 18.3 Å². The van der Waals surface area contributed by atoms with Gasteiger partial charge < -0.3 is 0 Å². The number of hydrogen-bond acceptors (Lipinski definition) is 4. The van der Waals surface area contributed by atoms with Crippen molar-refractivity contribution in [2.45, 2.75) is 19.8 Å². The standard InChI is InChI=1S/C17H17N3O3/c1-12(2)14-5-7-15(8-6-14)17(21)19-18-11-13-3-9-16(10-4-13)20(22)23/h3-12H,1-2H3,(H,19,21)/b18-11+. The lowest BCUT2D eigenvalue weighted by Crippen LogP contribution is -2.17. The lowest BCUT2D eigenvalue weighted by molar-refractivity contribution is -0.384. The van der Waals surface area contributed by atoms with E-state index < -0.39 is 4.92 Å². The highest BCUT2D eigenvalue weighted by atomic mass is 16.6. The van der Waals surface area contributed by atoms with Gasteiger partial charge >= 0.3 is 0 Å². The Morgan fingerprint density at radius 1 is 1.13 bits per heavy atom. The van der Waals surface area contributed by atoms with E-state index >= 15 is 0 Å². The van der Waals surface area contributed by atoms with Crippen LogP contribution in [0, 0.1) is 10.1 Å². The molecular formula is C17H17N3O3. The summed E-state index contributed by atoms with van der Waals surface area (Å²) in [4.78, 5) is 22.0. The summed E-state index contributed by atoms with van der Waals surface area (Å²) in [5.74, 6) is 0.103. The lowest BCUT2D eigenvalue weighted by Gasteiger charge is -2.05. The van der Waals surface area contributed by atoms with Crippen LogP contribution < -0.4 is 5.43 Å². The molecule has 0 aliphatic rings. The SMILES string of the molecule is CC(C)c1ccc(C(=O)N/N=C/c2ccc([N+](=O)[O-])cc2)cc1. The molecule has 6 nitrogen and oxygen atoms in total. The Kier molecular flexibility index (Phi) is 5.19. The van der Waals surface area contributed by atoms with Crippen LogP contribution in [-0.4, -0.2) is 17.0 Å². The summed E-state index contributed by atoms with van der Waals surface area (Å²) in [6.45, 7) is 4.17. The first kappa shape index (κ1) is 16.4. The minimum Gasteiger partial charge on any atom is -0.267 e. The fourth-order valence-corrected chi connectivity index (χ4v) is 1.93. The number of rotatable bonds is 5. The molecule has 0 spiro atoms. The molecule has 0 aliphatic carbocycles. The molecule has 0 fully saturated rings. The van der Waals surface area contributed by atoms with E-state index in [2.05, 4.69) is 24.4 Å². The number of hydrazone groups is 1. The molecule has 0 saturated carbocycles. The normalized spacial score (nSPS) is 10.9. The van der Waals surface area contributed by atoms with Gasteiger partial charge in [-0.3, -0.25) is 14.9 Å². The fraction of sp³-hybridized carbons (Fsp3) is 0.176. The van der Waals surface area contributed by atoms with Gasteiger partial charge in [-0.25, -0.2) is 5.43 Å². The van der Waals surface area contributed by atoms with Crippen LogP contribution in [0.15, 0.2) is 53.6 Å². The maximum atomic E-state index is 11.9. The highest BCUT2D eigenvalue weighted by Crippen LogP contribution is 2.14. The third-order valence-electron chi connectivity index (χ3n) is 3.32. The van der Waals surface area contributed by atoms with Crippen LogP contribution in [-0.2, 0) is 0 Å². The molecule has 0 unspecified atom stereocenters. The quantitative estimate of drug-likeness (QED) is 0.521. The molecule has 2 aromatic rings. The van der Waals surface area contributed by atoms with E-state index in [4.69, 9.17) is 0 Å². The molecule has 2 aromatic carbocycles. The molecule has 2 rings (SSSR count). The zero-order chi connectivity index (χ0) is 16.8. The third-order valence-corrected chi connectivity index (χ3v) is 3.32. The Labute approximate surface area is 134 Å². The van der Waals surface area contributed by atoms with E-state index in [-0.39, 0.29) is 11.6 Å². The third kappa shape index (κ3) is 4.47. The van der Waals surface area contributed by atoms with Crippen LogP contribution >= 0.6 is 0 Å². The lowest BCUT2D eigenvalue weighted by atomic mass is 10.0. The van der Waals surface area contributed by atoms with E-state index in [1.54, 1.807) is 24.3 Å². The number of nitrogens with zero attached hydrogens (tertiary/aromatic N) is 2. The molecule has 1 N–H and O–H groups in total. The number of carbonyl (C=O) groups is 1. The number of nitrogens with one attached hydrogen (secondary N) is 1. The number of hydrogen-bond donors (Lipinski definition) is 1. The minimum absolute atomic E-state index is 0.0106. The predicted molar refractivity (Wildman–Crippen MR) is 88.7 cm³/mol.